The highest BCUT2D eigenvalue weighted by atomic mass is 16.5. The summed E-state index contributed by atoms with van der Waals surface area (Å²) >= 11 is 0. The average Bonchev–Trinajstić information content (AvgIpc) is 2.60. The molecule has 0 fully saturated rings. The molecule has 0 aromatic carbocycles. The molecule has 1 heterocycles. The van der Waals surface area contributed by atoms with Crippen LogP contribution in [-0.4, -0.2) is 5.16 Å². The lowest BCUT2D eigenvalue weighted by atomic mass is 10.1. The zero-order valence-electron chi connectivity index (χ0n) is 8.25. The summed E-state index contributed by atoms with van der Waals surface area (Å²) < 4.78 is 5.00. The van der Waals surface area contributed by atoms with Crippen molar-refractivity contribution in [2.45, 2.75) is 45.6 Å². The molecule has 1 aromatic rings. The molecule has 74 valence electrons. The Balaban J connectivity index is 2.20. The van der Waals surface area contributed by atoms with Gasteiger partial charge in [-0.05, 0) is 12.8 Å². The van der Waals surface area contributed by atoms with Crippen LogP contribution in [0.1, 0.15) is 44.1 Å². The minimum Gasteiger partial charge on any atom is -0.360 e. The first-order chi connectivity index (χ1) is 6.36. The van der Waals surface area contributed by atoms with Gasteiger partial charge in [-0.1, -0.05) is 31.3 Å². The molecule has 0 aliphatic carbocycles. The topological polar surface area (TPSA) is 52.0 Å². The molecule has 3 heteroatoms. The molecular formula is C10H18N2O. The normalized spacial score (nSPS) is 10.6. The predicted octanol–water partition coefficient (Wildman–Crippen LogP) is 2.26. The third-order valence-electron chi connectivity index (χ3n) is 2.10. The Kier molecular flexibility index (Phi) is 4.54. The average molecular weight is 182 g/mol. The van der Waals surface area contributed by atoms with Crippen molar-refractivity contribution >= 4 is 0 Å². The Bertz CT molecular complexity index is 233. The van der Waals surface area contributed by atoms with Crippen molar-refractivity contribution in [2.24, 2.45) is 5.73 Å². The molecule has 0 saturated carbocycles. The fourth-order valence-corrected chi connectivity index (χ4v) is 1.30. The molecule has 3 nitrogen and oxygen atoms in total. The second-order valence-corrected chi connectivity index (χ2v) is 3.30. The number of nitrogens with zero attached hydrogens (tertiary/aromatic N) is 1. The van der Waals surface area contributed by atoms with Crippen LogP contribution in [0.2, 0.25) is 0 Å². The molecule has 2 N–H and O–H groups in total. The third kappa shape index (κ3) is 3.59. The molecule has 0 amide bonds. The van der Waals surface area contributed by atoms with Crippen molar-refractivity contribution in [2.75, 3.05) is 0 Å². The lowest BCUT2D eigenvalue weighted by Crippen LogP contribution is -1.92. The second kappa shape index (κ2) is 5.75. The van der Waals surface area contributed by atoms with Crippen LogP contribution in [0.3, 0.4) is 0 Å². The molecule has 13 heavy (non-hydrogen) atoms. The second-order valence-electron chi connectivity index (χ2n) is 3.30. The van der Waals surface area contributed by atoms with Crippen LogP contribution >= 0.6 is 0 Å². The molecule has 0 aliphatic rings. The number of hydrogen-bond donors (Lipinski definition) is 1. The molecule has 0 aliphatic heterocycles. The maximum Gasteiger partial charge on any atom is 0.150 e. The number of aryl methyl sites for hydroxylation is 1. The third-order valence-corrected chi connectivity index (χ3v) is 2.10. The summed E-state index contributed by atoms with van der Waals surface area (Å²) in [7, 11) is 0. The van der Waals surface area contributed by atoms with E-state index >= 15 is 0 Å². The summed E-state index contributed by atoms with van der Waals surface area (Å²) in [6, 6.07) is 1.95. The van der Waals surface area contributed by atoms with Gasteiger partial charge in [0.2, 0.25) is 0 Å². The highest BCUT2D eigenvalue weighted by molar-refractivity contribution is 5.04. The van der Waals surface area contributed by atoms with E-state index in [4.69, 9.17) is 10.3 Å². The predicted molar refractivity (Wildman–Crippen MR) is 52.2 cm³/mol. The fourth-order valence-electron chi connectivity index (χ4n) is 1.30. The molecule has 0 spiro atoms. The van der Waals surface area contributed by atoms with E-state index in [1.807, 2.05) is 6.07 Å². The summed E-state index contributed by atoms with van der Waals surface area (Å²) in [5.41, 5.74) is 6.44. The van der Waals surface area contributed by atoms with E-state index in [0.717, 1.165) is 17.9 Å². The first kappa shape index (κ1) is 10.3. The fraction of sp³-hybridized carbons (Fsp3) is 0.700. The van der Waals surface area contributed by atoms with Gasteiger partial charge in [0.05, 0.1) is 12.2 Å². The lowest BCUT2D eigenvalue weighted by molar-refractivity contribution is 0.378. The van der Waals surface area contributed by atoms with Gasteiger partial charge in [-0.2, -0.15) is 0 Å². The molecule has 0 saturated heterocycles. The highest BCUT2D eigenvalue weighted by Crippen LogP contribution is 2.08. The summed E-state index contributed by atoms with van der Waals surface area (Å²) in [6.07, 6.45) is 6.07. The van der Waals surface area contributed by atoms with Crippen LogP contribution in [0, 0.1) is 0 Å². The number of hydrogen-bond acceptors (Lipinski definition) is 3. The number of rotatable bonds is 6. The number of unbranched alkanes of at least 4 members (excludes halogenated alkanes) is 3. The quantitative estimate of drug-likeness (QED) is 0.686. The van der Waals surface area contributed by atoms with Crippen LogP contribution in [-0.2, 0) is 13.0 Å². The van der Waals surface area contributed by atoms with Crippen molar-refractivity contribution in [1.82, 2.24) is 5.16 Å². The molecule has 0 radical (unpaired) electrons. The van der Waals surface area contributed by atoms with Crippen molar-refractivity contribution in [3.63, 3.8) is 0 Å². The molecule has 0 unspecified atom stereocenters. The van der Waals surface area contributed by atoms with E-state index in [1.165, 1.54) is 25.7 Å². The summed E-state index contributed by atoms with van der Waals surface area (Å²) in [4.78, 5) is 0. The summed E-state index contributed by atoms with van der Waals surface area (Å²) in [5.74, 6) is 0.783. The first-order valence-corrected chi connectivity index (χ1v) is 5.01. The van der Waals surface area contributed by atoms with Crippen molar-refractivity contribution in [3.05, 3.63) is 17.5 Å². The minimum absolute atomic E-state index is 0.446. The van der Waals surface area contributed by atoms with Gasteiger partial charge in [0.15, 0.2) is 5.76 Å². The highest BCUT2D eigenvalue weighted by Gasteiger charge is 2.01. The smallest absolute Gasteiger partial charge is 0.150 e. The molecule has 0 atom stereocenters. The van der Waals surface area contributed by atoms with E-state index < -0.39 is 0 Å². The Morgan fingerprint density at radius 1 is 1.38 bits per heavy atom. The zero-order valence-corrected chi connectivity index (χ0v) is 8.25. The summed E-state index contributed by atoms with van der Waals surface area (Å²) in [6.45, 7) is 2.66. The Labute approximate surface area is 79.3 Å². The van der Waals surface area contributed by atoms with Gasteiger partial charge in [-0.3, -0.25) is 0 Å². The standard InChI is InChI=1S/C10H18N2O/c1-2-3-4-5-6-9-7-10(8-11)13-12-9/h7H,2-6,8,11H2,1H3. The van der Waals surface area contributed by atoms with Gasteiger partial charge in [0.25, 0.3) is 0 Å². The van der Waals surface area contributed by atoms with Crippen LogP contribution in [0.4, 0.5) is 0 Å². The van der Waals surface area contributed by atoms with E-state index in [2.05, 4.69) is 12.1 Å². The van der Waals surface area contributed by atoms with Crippen LogP contribution in [0.15, 0.2) is 10.6 Å². The van der Waals surface area contributed by atoms with E-state index in [0.29, 0.717) is 6.54 Å². The van der Waals surface area contributed by atoms with Gasteiger partial charge >= 0.3 is 0 Å². The van der Waals surface area contributed by atoms with Gasteiger partial charge < -0.3 is 10.3 Å². The first-order valence-electron chi connectivity index (χ1n) is 5.01. The van der Waals surface area contributed by atoms with Crippen molar-refractivity contribution in [1.29, 1.82) is 0 Å². The van der Waals surface area contributed by atoms with Crippen LogP contribution < -0.4 is 5.73 Å². The molecule has 1 rings (SSSR count). The Morgan fingerprint density at radius 3 is 2.85 bits per heavy atom. The molecule has 1 aromatic heterocycles. The number of aromatic nitrogens is 1. The van der Waals surface area contributed by atoms with E-state index in [-0.39, 0.29) is 0 Å². The van der Waals surface area contributed by atoms with E-state index in [1.54, 1.807) is 0 Å². The molecular weight excluding hydrogens is 164 g/mol. The van der Waals surface area contributed by atoms with Crippen LogP contribution in [0.5, 0.6) is 0 Å². The maximum absolute atomic E-state index is 5.41. The summed E-state index contributed by atoms with van der Waals surface area (Å²) in [5, 5.41) is 3.93. The maximum atomic E-state index is 5.41. The van der Waals surface area contributed by atoms with Gasteiger partial charge in [0.1, 0.15) is 0 Å². The lowest BCUT2D eigenvalue weighted by Gasteiger charge is -1.94. The molecule has 0 bridgehead atoms. The van der Waals surface area contributed by atoms with Crippen LogP contribution in [0.25, 0.3) is 0 Å². The Hall–Kier alpha value is -0.830. The van der Waals surface area contributed by atoms with Crippen molar-refractivity contribution in [3.8, 4) is 0 Å². The SMILES string of the molecule is CCCCCCc1cc(CN)on1. The van der Waals surface area contributed by atoms with Gasteiger partial charge in [-0.15, -0.1) is 0 Å². The minimum atomic E-state index is 0.446. The van der Waals surface area contributed by atoms with E-state index in [9.17, 15) is 0 Å². The Morgan fingerprint density at radius 2 is 2.23 bits per heavy atom. The monoisotopic (exact) mass is 182 g/mol. The largest absolute Gasteiger partial charge is 0.360 e. The van der Waals surface area contributed by atoms with Gasteiger partial charge in [-0.25, -0.2) is 0 Å². The zero-order chi connectivity index (χ0) is 9.52. The van der Waals surface area contributed by atoms with Crippen molar-refractivity contribution < 1.29 is 4.52 Å². The number of nitrogens with two attached hydrogens (primary N) is 1. The van der Waals surface area contributed by atoms with Gasteiger partial charge in [0, 0.05) is 6.07 Å².